The average Bonchev–Trinajstić information content (AvgIpc) is 2.21. The first-order chi connectivity index (χ1) is 6.80. The maximum absolute atomic E-state index is 10.9. The summed E-state index contributed by atoms with van der Waals surface area (Å²) < 4.78 is 4.97. The van der Waals surface area contributed by atoms with Crippen LogP contribution >= 0.6 is 0 Å². The van der Waals surface area contributed by atoms with Gasteiger partial charge in [0.15, 0.2) is 0 Å². The fraction of sp³-hybridized carbons (Fsp3) is 0. The molecule has 3 heteroatoms. The summed E-state index contributed by atoms with van der Waals surface area (Å²) in [4.78, 5) is 10.9. The quantitative estimate of drug-likeness (QED) is 0.680. The highest BCUT2D eigenvalue weighted by molar-refractivity contribution is 5.94. The summed E-state index contributed by atoms with van der Waals surface area (Å²) in [6.07, 6.45) is 15.1. The Bertz CT molecular complexity index is 346. The smallest absolute Gasteiger partial charge is 0.251 e. The van der Waals surface area contributed by atoms with Gasteiger partial charge < -0.3 is 10.5 Å². The first kappa shape index (κ1) is 10.1. The normalized spacial score (nSPS) is 15.6. The SMILES string of the molecule is NC(=O)C1=COC=CC=CC=CC=C1. The number of amides is 1. The van der Waals surface area contributed by atoms with Gasteiger partial charge in [-0.1, -0.05) is 30.4 Å². The molecule has 0 aromatic carbocycles. The Balaban J connectivity index is 2.85. The van der Waals surface area contributed by atoms with Crippen molar-refractivity contribution in [3.63, 3.8) is 0 Å². The lowest BCUT2D eigenvalue weighted by Crippen LogP contribution is -2.12. The Morgan fingerprint density at radius 3 is 2.43 bits per heavy atom. The lowest BCUT2D eigenvalue weighted by molar-refractivity contribution is -0.114. The number of nitrogens with two attached hydrogens (primary N) is 1. The predicted molar refractivity (Wildman–Crippen MR) is 54.9 cm³/mol. The van der Waals surface area contributed by atoms with Gasteiger partial charge in [-0.2, -0.15) is 0 Å². The largest absolute Gasteiger partial charge is 0.472 e. The van der Waals surface area contributed by atoms with E-state index in [-0.39, 0.29) is 0 Å². The molecule has 0 spiro atoms. The third-order valence-corrected chi connectivity index (χ3v) is 1.47. The van der Waals surface area contributed by atoms with E-state index in [0.717, 1.165) is 0 Å². The van der Waals surface area contributed by atoms with Crippen LogP contribution in [0.5, 0.6) is 0 Å². The van der Waals surface area contributed by atoms with E-state index >= 15 is 0 Å². The van der Waals surface area contributed by atoms with Crippen molar-refractivity contribution in [2.45, 2.75) is 0 Å². The van der Waals surface area contributed by atoms with Crippen LogP contribution in [0.1, 0.15) is 0 Å². The number of carbonyl (C=O) groups is 1. The molecule has 0 aromatic heterocycles. The Morgan fingerprint density at radius 2 is 1.71 bits per heavy atom. The average molecular weight is 189 g/mol. The van der Waals surface area contributed by atoms with Gasteiger partial charge in [0, 0.05) is 0 Å². The second-order valence-corrected chi connectivity index (χ2v) is 2.53. The third-order valence-electron chi connectivity index (χ3n) is 1.47. The van der Waals surface area contributed by atoms with Crippen LogP contribution in [-0.2, 0) is 9.53 Å². The monoisotopic (exact) mass is 189 g/mol. The summed E-state index contributed by atoms with van der Waals surface area (Å²) in [6, 6.07) is 0. The molecule has 1 heterocycles. The first-order valence-electron chi connectivity index (χ1n) is 4.12. The zero-order valence-corrected chi connectivity index (χ0v) is 7.59. The van der Waals surface area contributed by atoms with Gasteiger partial charge in [0.05, 0.1) is 11.8 Å². The minimum Gasteiger partial charge on any atom is -0.472 e. The fourth-order valence-corrected chi connectivity index (χ4v) is 0.799. The number of ether oxygens (including phenoxy) is 1. The molecule has 0 atom stereocenters. The maximum Gasteiger partial charge on any atom is 0.251 e. The molecule has 0 saturated heterocycles. The Kier molecular flexibility index (Phi) is 4.01. The Labute approximate surface area is 82.5 Å². The molecule has 0 radical (unpaired) electrons. The number of rotatable bonds is 1. The highest BCUT2D eigenvalue weighted by Gasteiger charge is 1.98. The fourth-order valence-electron chi connectivity index (χ4n) is 0.799. The molecule has 1 rings (SSSR count). The molecular weight excluding hydrogens is 178 g/mol. The summed E-state index contributed by atoms with van der Waals surface area (Å²) in [7, 11) is 0. The Hall–Kier alpha value is -2.03. The molecule has 1 amide bonds. The van der Waals surface area contributed by atoms with Crippen LogP contribution in [-0.4, -0.2) is 5.91 Å². The lowest BCUT2D eigenvalue weighted by Gasteiger charge is -1.94. The van der Waals surface area contributed by atoms with E-state index in [2.05, 4.69) is 0 Å². The van der Waals surface area contributed by atoms with Crippen molar-refractivity contribution in [3.05, 3.63) is 60.6 Å². The van der Waals surface area contributed by atoms with Crippen LogP contribution < -0.4 is 5.73 Å². The van der Waals surface area contributed by atoms with E-state index in [9.17, 15) is 4.79 Å². The number of hydrogen-bond donors (Lipinski definition) is 1. The molecule has 2 N–H and O–H groups in total. The summed E-state index contributed by atoms with van der Waals surface area (Å²) >= 11 is 0. The van der Waals surface area contributed by atoms with Crippen molar-refractivity contribution in [3.8, 4) is 0 Å². The van der Waals surface area contributed by atoms with Crippen LogP contribution in [0.2, 0.25) is 0 Å². The van der Waals surface area contributed by atoms with Gasteiger partial charge in [0.2, 0.25) is 0 Å². The second-order valence-electron chi connectivity index (χ2n) is 2.53. The number of allylic oxidation sites excluding steroid dienone is 6. The zero-order valence-electron chi connectivity index (χ0n) is 7.59. The summed E-state index contributed by atoms with van der Waals surface area (Å²) in [5, 5.41) is 0. The van der Waals surface area contributed by atoms with Crippen LogP contribution in [0, 0.1) is 0 Å². The highest BCUT2D eigenvalue weighted by Crippen LogP contribution is 1.99. The summed E-state index contributed by atoms with van der Waals surface area (Å²) in [5.41, 5.74) is 5.44. The van der Waals surface area contributed by atoms with E-state index in [4.69, 9.17) is 10.5 Å². The van der Waals surface area contributed by atoms with Crippen LogP contribution in [0.3, 0.4) is 0 Å². The van der Waals surface area contributed by atoms with Gasteiger partial charge in [0.1, 0.15) is 6.26 Å². The van der Waals surface area contributed by atoms with E-state index in [0.29, 0.717) is 5.57 Å². The van der Waals surface area contributed by atoms with Gasteiger partial charge in [-0.25, -0.2) is 0 Å². The standard InChI is InChI=1S/C11H11NO2/c12-11(13)10-7-5-3-1-2-4-6-8-14-9-10/h1-9H,(H2,12,13). The molecule has 0 aromatic rings. The van der Waals surface area contributed by atoms with E-state index in [1.54, 1.807) is 24.3 Å². The van der Waals surface area contributed by atoms with Crippen molar-refractivity contribution in [1.82, 2.24) is 0 Å². The van der Waals surface area contributed by atoms with E-state index < -0.39 is 5.91 Å². The highest BCUT2D eigenvalue weighted by atomic mass is 16.5. The maximum atomic E-state index is 10.9. The summed E-state index contributed by atoms with van der Waals surface area (Å²) in [5.74, 6) is -0.518. The van der Waals surface area contributed by atoms with E-state index in [1.807, 2.05) is 18.2 Å². The topological polar surface area (TPSA) is 52.3 Å². The minimum atomic E-state index is -0.518. The first-order valence-corrected chi connectivity index (χ1v) is 4.12. The molecule has 0 fully saturated rings. The van der Waals surface area contributed by atoms with Crippen LogP contribution in [0.25, 0.3) is 0 Å². The Morgan fingerprint density at radius 1 is 1.07 bits per heavy atom. The molecule has 0 aliphatic carbocycles. The van der Waals surface area contributed by atoms with Crippen molar-refractivity contribution < 1.29 is 9.53 Å². The molecule has 1 aliphatic rings. The van der Waals surface area contributed by atoms with Gasteiger partial charge in [-0.15, -0.1) is 0 Å². The number of hydrogen-bond acceptors (Lipinski definition) is 2. The van der Waals surface area contributed by atoms with Crippen molar-refractivity contribution in [2.24, 2.45) is 5.73 Å². The molecule has 72 valence electrons. The summed E-state index contributed by atoms with van der Waals surface area (Å²) in [6.45, 7) is 0. The minimum absolute atomic E-state index is 0.321. The van der Waals surface area contributed by atoms with Crippen molar-refractivity contribution >= 4 is 5.91 Å². The molecule has 0 bridgehead atoms. The van der Waals surface area contributed by atoms with Gasteiger partial charge in [-0.3, -0.25) is 4.79 Å². The second kappa shape index (κ2) is 5.59. The molecule has 1 aliphatic heterocycles. The number of primary amides is 1. The van der Waals surface area contributed by atoms with Gasteiger partial charge >= 0.3 is 0 Å². The van der Waals surface area contributed by atoms with Crippen LogP contribution in [0.4, 0.5) is 0 Å². The molecule has 0 saturated carbocycles. The van der Waals surface area contributed by atoms with Crippen molar-refractivity contribution in [1.29, 1.82) is 0 Å². The van der Waals surface area contributed by atoms with Gasteiger partial charge in [0.25, 0.3) is 5.91 Å². The van der Waals surface area contributed by atoms with Crippen LogP contribution in [0.15, 0.2) is 60.6 Å². The number of carbonyl (C=O) groups excluding carboxylic acids is 1. The lowest BCUT2D eigenvalue weighted by atomic mass is 10.2. The zero-order chi connectivity index (χ0) is 10.2. The predicted octanol–water partition coefficient (Wildman–Crippen LogP) is 1.57. The van der Waals surface area contributed by atoms with Crippen molar-refractivity contribution in [2.75, 3.05) is 0 Å². The van der Waals surface area contributed by atoms with E-state index in [1.165, 1.54) is 12.5 Å². The molecule has 14 heavy (non-hydrogen) atoms. The molecule has 0 unspecified atom stereocenters. The molecular formula is C11H11NO2. The third kappa shape index (κ3) is 3.58. The van der Waals surface area contributed by atoms with Gasteiger partial charge in [-0.05, 0) is 12.2 Å². The molecule has 3 nitrogen and oxygen atoms in total.